The fraction of sp³-hybridized carbons (Fsp3) is 0.167. The smallest absolute Gasteiger partial charge is 0.258 e. The molecule has 0 unspecified atom stereocenters. The van der Waals surface area contributed by atoms with Crippen LogP contribution in [0.3, 0.4) is 0 Å². The second-order valence-corrected chi connectivity index (χ2v) is 7.92. The van der Waals surface area contributed by atoms with E-state index in [1.165, 1.54) is 0 Å². The fourth-order valence-corrected chi connectivity index (χ4v) is 4.02. The van der Waals surface area contributed by atoms with Crippen molar-refractivity contribution in [3.8, 4) is 5.75 Å². The van der Waals surface area contributed by atoms with Crippen molar-refractivity contribution >= 4 is 33.4 Å². The van der Waals surface area contributed by atoms with Gasteiger partial charge in [0.15, 0.2) is 0 Å². The largest absolute Gasteiger partial charge is 0.497 e. The van der Waals surface area contributed by atoms with Crippen LogP contribution in [0.4, 0.5) is 5.69 Å². The van der Waals surface area contributed by atoms with Gasteiger partial charge in [0.1, 0.15) is 5.75 Å². The van der Waals surface area contributed by atoms with Crippen molar-refractivity contribution < 1.29 is 14.3 Å². The van der Waals surface area contributed by atoms with E-state index in [2.05, 4.69) is 21.2 Å². The van der Waals surface area contributed by atoms with E-state index in [4.69, 9.17) is 4.74 Å². The number of nitrogens with one attached hydrogen (secondary N) is 1. The van der Waals surface area contributed by atoms with Crippen molar-refractivity contribution in [1.82, 2.24) is 5.32 Å². The molecule has 0 fully saturated rings. The van der Waals surface area contributed by atoms with E-state index in [1.807, 2.05) is 36.4 Å². The van der Waals surface area contributed by atoms with Gasteiger partial charge in [0, 0.05) is 28.8 Å². The summed E-state index contributed by atoms with van der Waals surface area (Å²) in [4.78, 5) is 27.3. The Morgan fingerprint density at radius 1 is 1.07 bits per heavy atom. The number of halogens is 1. The number of nitrogens with zero attached hydrogens (tertiary/aromatic N) is 1. The first kappa shape index (κ1) is 20.2. The number of methoxy groups -OCH3 is 1. The molecule has 152 valence electrons. The molecule has 6 heteroatoms. The lowest BCUT2D eigenvalue weighted by molar-refractivity contribution is 0.0948. The van der Waals surface area contributed by atoms with Gasteiger partial charge in [0.05, 0.1) is 12.7 Å². The average molecular weight is 465 g/mol. The van der Waals surface area contributed by atoms with Crippen LogP contribution in [-0.2, 0) is 13.0 Å². The first-order valence-electron chi connectivity index (χ1n) is 9.67. The number of fused-ring (bicyclic) bond motifs is 1. The predicted octanol–water partition coefficient (Wildman–Crippen LogP) is 4.59. The number of amides is 2. The van der Waals surface area contributed by atoms with Crippen LogP contribution in [0.1, 0.15) is 31.8 Å². The van der Waals surface area contributed by atoms with Gasteiger partial charge in [-0.1, -0.05) is 24.3 Å². The Morgan fingerprint density at radius 2 is 1.83 bits per heavy atom. The lowest BCUT2D eigenvalue weighted by Crippen LogP contribution is -2.29. The Bertz CT molecular complexity index is 1100. The molecule has 3 aromatic rings. The van der Waals surface area contributed by atoms with Gasteiger partial charge in [0.25, 0.3) is 11.8 Å². The zero-order chi connectivity index (χ0) is 21.1. The zero-order valence-electron chi connectivity index (χ0n) is 16.5. The summed E-state index contributed by atoms with van der Waals surface area (Å²) in [6.45, 7) is 1.03. The molecule has 0 saturated heterocycles. The molecule has 1 aliphatic rings. The number of hydrogen-bond acceptors (Lipinski definition) is 3. The number of benzene rings is 3. The van der Waals surface area contributed by atoms with Gasteiger partial charge in [-0.2, -0.15) is 0 Å². The van der Waals surface area contributed by atoms with Crippen LogP contribution >= 0.6 is 15.9 Å². The predicted molar refractivity (Wildman–Crippen MR) is 120 cm³/mol. The van der Waals surface area contributed by atoms with Crippen LogP contribution in [0, 0.1) is 0 Å². The number of carbonyl (C=O) groups excluding carboxylic acids is 2. The first-order chi connectivity index (χ1) is 14.6. The third-order valence-electron chi connectivity index (χ3n) is 5.20. The summed E-state index contributed by atoms with van der Waals surface area (Å²) in [7, 11) is 1.60. The number of carbonyl (C=O) groups is 2. The number of anilines is 1. The summed E-state index contributed by atoms with van der Waals surface area (Å²) in [5.41, 5.74) is 4.20. The molecule has 0 spiro atoms. The van der Waals surface area contributed by atoms with Crippen LogP contribution in [-0.4, -0.2) is 25.5 Å². The van der Waals surface area contributed by atoms with Crippen LogP contribution in [0.5, 0.6) is 5.75 Å². The molecule has 0 atom stereocenters. The topological polar surface area (TPSA) is 58.6 Å². The number of rotatable bonds is 5. The third-order valence-corrected chi connectivity index (χ3v) is 5.89. The van der Waals surface area contributed by atoms with Gasteiger partial charge in [-0.05, 0) is 75.9 Å². The second-order valence-electron chi connectivity index (χ2n) is 7.06. The lowest BCUT2D eigenvalue weighted by atomic mass is 10.1. The van der Waals surface area contributed by atoms with Crippen molar-refractivity contribution in [3.63, 3.8) is 0 Å². The van der Waals surface area contributed by atoms with E-state index in [-0.39, 0.29) is 11.8 Å². The molecule has 1 aliphatic heterocycles. The van der Waals surface area contributed by atoms with E-state index in [9.17, 15) is 9.59 Å². The Hall–Kier alpha value is -3.12. The van der Waals surface area contributed by atoms with Gasteiger partial charge in [0.2, 0.25) is 0 Å². The summed E-state index contributed by atoms with van der Waals surface area (Å²) in [5.74, 6) is 0.538. The number of ether oxygens (including phenoxy) is 1. The van der Waals surface area contributed by atoms with Gasteiger partial charge < -0.3 is 15.0 Å². The Labute approximate surface area is 183 Å². The maximum atomic E-state index is 13.0. The summed E-state index contributed by atoms with van der Waals surface area (Å²) < 4.78 is 5.93. The summed E-state index contributed by atoms with van der Waals surface area (Å²) in [6, 6.07) is 20.5. The standard InChI is InChI=1S/C24H21BrN2O3/c1-30-19-10-8-18(9-11-19)24(29)27-13-12-17-7-6-16(14-22(17)27)15-26-23(28)20-4-2-3-5-21(20)25/h2-11,14H,12-13,15H2,1H3,(H,26,28). The van der Waals surface area contributed by atoms with E-state index < -0.39 is 0 Å². The van der Waals surface area contributed by atoms with E-state index in [0.717, 1.165) is 33.5 Å². The summed E-state index contributed by atoms with van der Waals surface area (Å²) >= 11 is 3.41. The Morgan fingerprint density at radius 3 is 2.57 bits per heavy atom. The van der Waals surface area contributed by atoms with Crippen molar-refractivity contribution in [2.45, 2.75) is 13.0 Å². The normalized spacial score (nSPS) is 12.4. The molecular weight excluding hydrogens is 444 g/mol. The molecule has 1 heterocycles. The minimum Gasteiger partial charge on any atom is -0.497 e. The van der Waals surface area contributed by atoms with Crippen molar-refractivity contribution in [2.24, 2.45) is 0 Å². The average Bonchev–Trinajstić information content (AvgIpc) is 3.20. The molecule has 1 N–H and O–H groups in total. The van der Waals surface area contributed by atoms with E-state index >= 15 is 0 Å². The van der Waals surface area contributed by atoms with Crippen LogP contribution < -0.4 is 15.0 Å². The van der Waals surface area contributed by atoms with Gasteiger partial charge in [-0.3, -0.25) is 9.59 Å². The van der Waals surface area contributed by atoms with Crippen LogP contribution in [0.25, 0.3) is 0 Å². The molecule has 2 amide bonds. The zero-order valence-corrected chi connectivity index (χ0v) is 18.1. The SMILES string of the molecule is COc1ccc(C(=O)N2CCc3ccc(CNC(=O)c4ccccc4Br)cc32)cc1. The summed E-state index contributed by atoms with van der Waals surface area (Å²) in [5, 5.41) is 2.95. The Kier molecular flexibility index (Phi) is 5.86. The molecule has 0 aromatic heterocycles. The molecule has 3 aromatic carbocycles. The minimum atomic E-state index is -0.144. The monoisotopic (exact) mass is 464 g/mol. The molecular formula is C24H21BrN2O3. The second kappa shape index (κ2) is 8.71. The third kappa shape index (κ3) is 4.09. The highest BCUT2D eigenvalue weighted by Gasteiger charge is 2.26. The van der Waals surface area contributed by atoms with Crippen molar-refractivity contribution in [3.05, 3.63) is 93.5 Å². The lowest BCUT2D eigenvalue weighted by Gasteiger charge is -2.18. The molecule has 0 saturated carbocycles. The molecule has 0 aliphatic carbocycles. The van der Waals surface area contributed by atoms with Gasteiger partial charge in [-0.15, -0.1) is 0 Å². The molecule has 5 nitrogen and oxygen atoms in total. The fourth-order valence-electron chi connectivity index (χ4n) is 3.56. The summed E-state index contributed by atoms with van der Waals surface area (Å²) in [6.07, 6.45) is 0.820. The molecule has 4 rings (SSSR count). The molecule has 0 bridgehead atoms. The van der Waals surface area contributed by atoms with E-state index in [1.54, 1.807) is 42.3 Å². The van der Waals surface area contributed by atoms with Crippen molar-refractivity contribution in [2.75, 3.05) is 18.6 Å². The maximum Gasteiger partial charge on any atom is 0.258 e. The molecule has 30 heavy (non-hydrogen) atoms. The van der Waals surface area contributed by atoms with Crippen LogP contribution in [0.2, 0.25) is 0 Å². The van der Waals surface area contributed by atoms with Crippen LogP contribution in [0.15, 0.2) is 71.2 Å². The van der Waals surface area contributed by atoms with Gasteiger partial charge in [-0.25, -0.2) is 0 Å². The van der Waals surface area contributed by atoms with Gasteiger partial charge >= 0.3 is 0 Å². The number of hydrogen-bond donors (Lipinski definition) is 1. The first-order valence-corrected chi connectivity index (χ1v) is 10.5. The maximum absolute atomic E-state index is 13.0. The van der Waals surface area contributed by atoms with Crippen molar-refractivity contribution in [1.29, 1.82) is 0 Å². The molecule has 0 radical (unpaired) electrons. The highest BCUT2D eigenvalue weighted by molar-refractivity contribution is 9.10. The highest BCUT2D eigenvalue weighted by atomic mass is 79.9. The Balaban J connectivity index is 1.49. The van der Waals surface area contributed by atoms with E-state index in [0.29, 0.717) is 24.2 Å². The highest BCUT2D eigenvalue weighted by Crippen LogP contribution is 2.31. The minimum absolute atomic E-state index is 0.0363. The quantitative estimate of drug-likeness (QED) is 0.600.